The molecule has 0 atom stereocenters. The Morgan fingerprint density at radius 1 is 1.16 bits per heavy atom. The topological polar surface area (TPSA) is 92.9 Å². The Balaban J connectivity index is 1.61. The average Bonchev–Trinajstić information content (AvgIpc) is 2.81. The minimum absolute atomic E-state index is 0.156. The van der Waals surface area contributed by atoms with Crippen molar-refractivity contribution < 1.29 is 19.1 Å². The summed E-state index contributed by atoms with van der Waals surface area (Å²) in [4.78, 5) is 17.4. The summed E-state index contributed by atoms with van der Waals surface area (Å²) in [5.41, 5.74) is 2.55. The fourth-order valence-electron chi connectivity index (χ4n) is 2.77. The van der Waals surface area contributed by atoms with E-state index in [1.54, 1.807) is 42.5 Å². The molecular formula is C24H20ClN3O4. The van der Waals surface area contributed by atoms with Crippen LogP contribution in [0.3, 0.4) is 0 Å². The first-order chi connectivity index (χ1) is 15.6. The van der Waals surface area contributed by atoms with Gasteiger partial charge in [0.2, 0.25) is 0 Å². The molecule has 0 spiro atoms. The zero-order valence-corrected chi connectivity index (χ0v) is 18.0. The van der Waals surface area contributed by atoms with Crippen molar-refractivity contribution in [2.75, 3.05) is 19.0 Å². The van der Waals surface area contributed by atoms with Gasteiger partial charge in [-0.2, -0.15) is 5.26 Å². The number of carbonyl (C=O) groups is 1. The molecule has 0 aromatic heterocycles. The fraction of sp³-hybridized carbons (Fsp3) is 0.125. The van der Waals surface area contributed by atoms with Crippen LogP contribution in [0.2, 0.25) is 5.02 Å². The maximum atomic E-state index is 12.1. The Morgan fingerprint density at radius 3 is 2.66 bits per heavy atom. The summed E-state index contributed by atoms with van der Waals surface area (Å²) in [6, 6.07) is 21.6. The van der Waals surface area contributed by atoms with Gasteiger partial charge < -0.3 is 19.6 Å². The van der Waals surface area contributed by atoms with Crippen molar-refractivity contribution in [2.45, 2.75) is 6.61 Å². The highest BCUT2D eigenvalue weighted by Gasteiger charge is 2.14. The van der Waals surface area contributed by atoms with Gasteiger partial charge >= 0.3 is 0 Å². The van der Waals surface area contributed by atoms with E-state index >= 15 is 0 Å². The maximum Gasteiger partial charge on any atom is 0.262 e. The highest BCUT2D eigenvalue weighted by molar-refractivity contribution is 6.32. The van der Waals surface area contributed by atoms with Crippen LogP contribution in [0.25, 0.3) is 0 Å². The molecule has 0 aliphatic rings. The number of halogens is 1. The number of hydrogen-bond acceptors (Lipinski definition) is 6. The number of nitrogens with zero attached hydrogens (tertiary/aromatic N) is 2. The summed E-state index contributed by atoms with van der Waals surface area (Å²) in [6.07, 6.45) is 1.47. The van der Waals surface area contributed by atoms with Crippen LogP contribution < -0.4 is 14.8 Å². The van der Waals surface area contributed by atoms with Crippen LogP contribution in [-0.4, -0.2) is 25.8 Å². The monoisotopic (exact) mass is 449 g/mol. The molecule has 1 amide bonds. The van der Waals surface area contributed by atoms with E-state index in [2.05, 4.69) is 16.5 Å². The van der Waals surface area contributed by atoms with Gasteiger partial charge in [0, 0.05) is 16.8 Å². The summed E-state index contributed by atoms with van der Waals surface area (Å²) < 4.78 is 10.9. The largest absolute Gasteiger partial charge is 0.493 e. The van der Waals surface area contributed by atoms with E-state index in [9.17, 15) is 4.79 Å². The second-order valence-electron chi connectivity index (χ2n) is 6.51. The van der Waals surface area contributed by atoms with Crippen LogP contribution in [0.1, 0.15) is 16.7 Å². The van der Waals surface area contributed by atoms with Crippen LogP contribution in [0.4, 0.5) is 5.69 Å². The molecule has 0 saturated heterocycles. The van der Waals surface area contributed by atoms with Gasteiger partial charge in [-0.05, 0) is 30.3 Å². The lowest BCUT2D eigenvalue weighted by atomic mass is 10.1. The summed E-state index contributed by atoms with van der Waals surface area (Å²) in [7, 11) is 1.47. The molecule has 0 aliphatic carbocycles. The number of oxime groups is 1. The standard InChI is InChI=1S/C24H20ClN3O4/c1-30-22-12-17(14-27-32-15-19-8-6-5-7-18(19)13-26)11-21(25)24(22)31-16-23(29)28-20-9-3-2-4-10-20/h2-12,14H,15-16H2,1H3,(H,28,29)/b27-14-. The number of methoxy groups -OCH3 is 1. The molecule has 3 rings (SSSR count). The lowest BCUT2D eigenvalue weighted by molar-refractivity contribution is -0.118. The molecule has 0 radical (unpaired) electrons. The molecule has 8 heteroatoms. The van der Waals surface area contributed by atoms with Crippen molar-refractivity contribution in [2.24, 2.45) is 5.16 Å². The second-order valence-corrected chi connectivity index (χ2v) is 6.92. The predicted molar refractivity (Wildman–Crippen MR) is 122 cm³/mol. The third kappa shape index (κ3) is 6.24. The van der Waals surface area contributed by atoms with Gasteiger partial charge in [0.1, 0.15) is 6.61 Å². The molecule has 1 N–H and O–H groups in total. The summed E-state index contributed by atoms with van der Waals surface area (Å²) in [5.74, 6) is 0.269. The van der Waals surface area contributed by atoms with Gasteiger partial charge in [-0.3, -0.25) is 4.79 Å². The number of nitriles is 1. The zero-order chi connectivity index (χ0) is 22.8. The van der Waals surface area contributed by atoms with Crippen molar-refractivity contribution in [3.8, 4) is 17.6 Å². The van der Waals surface area contributed by atoms with E-state index in [-0.39, 0.29) is 29.9 Å². The van der Waals surface area contributed by atoms with E-state index in [0.717, 1.165) is 5.56 Å². The molecular weight excluding hydrogens is 430 g/mol. The summed E-state index contributed by atoms with van der Waals surface area (Å²) in [5, 5.41) is 16.0. The van der Waals surface area contributed by atoms with Crippen LogP contribution in [0.5, 0.6) is 11.5 Å². The number of anilines is 1. The second kappa shape index (κ2) is 11.4. The van der Waals surface area contributed by atoms with E-state index in [0.29, 0.717) is 22.6 Å². The predicted octanol–water partition coefficient (Wildman–Crippen LogP) is 4.79. The normalized spacial score (nSPS) is 10.4. The lowest BCUT2D eigenvalue weighted by Gasteiger charge is -2.13. The summed E-state index contributed by atoms with van der Waals surface area (Å²) >= 11 is 6.33. The molecule has 7 nitrogen and oxygen atoms in total. The first-order valence-corrected chi connectivity index (χ1v) is 9.97. The van der Waals surface area contributed by atoms with Crippen molar-refractivity contribution in [3.05, 3.63) is 88.4 Å². The molecule has 0 bridgehead atoms. The molecule has 3 aromatic carbocycles. The molecule has 0 fully saturated rings. The smallest absolute Gasteiger partial charge is 0.262 e. The first kappa shape index (κ1) is 22.7. The Labute approximate surface area is 190 Å². The van der Waals surface area contributed by atoms with Gasteiger partial charge in [0.25, 0.3) is 5.91 Å². The Bertz CT molecular complexity index is 1140. The zero-order valence-electron chi connectivity index (χ0n) is 17.2. The maximum absolute atomic E-state index is 12.1. The molecule has 0 unspecified atom stereocenters. The Hall–Kier alpha value is -4.02. The quantitative estimate of drug-likeness (QED) is 0.374. The highest BCUT2D eigenvalue weighted by Crippen LogP contribution is 2.36. The number of ether oxygens (including phenoxy) is 2. The Morgan fingerprint density at radius 2 is 1.91 bits per heavy atom. The molecule has 0 saturated carbocycles. The highest BCUT2D eigenvalue weighted by atomic mass is 35.5. The molecule has 0 heterocycles. The Kier molecular flexibility index (Phi) is 8.07. The molecule has 162 valence electrons. The van der Waals surface area contributed by atoms with E-state index in [1.165, 1.54) is 13.3 Å². The SMILES string of the molecule is COc1cc(/C=N\OCc2ccccc2C#N)cc(Cl)c1OCC(=O)Nc1ccccc1. The van der Waals surface area contributed by atoms with Crippen molar-refractivity contribution in [1.82, 2.24) is 0 Å². The van der Waals surface area contributed by atoms with Gasteiger partial charge in [-0.1, -0.05) is 53.2 Å². The first-order valence-electron chi connectivity index (χ1n) is 9.59. The third-order valence-corrected chi connectivity index (χ3v) is 4.57. The number of rotatable bonds is 9. The number of para-hydroxylation sites is 1. The minimum atomic E-state index is -0.328. The number of nitrogens with one attached hydrogen (secondary N) is 1. The van der Waals surface area contributed by atoms with Gasteiger partial charge in [0.05, 0.1) is 30.0 Å². The van der Waals surface area contributed by atoms with Crippen LogP contribution >= 0.6 is 11.6 Å². The fourth-order valence-corrected chi connectivity index (χ4v) is 3.04. The van der Waals surface area contributed by atoms with Crippen molar-refractivity contribution >= 4 is 29.4 Å². The third-order valence-electron chi connectivity index (χ3n) is 4.29. The van der Waals surface area contributed by atoms with Crippen LogP contribution in [-0.2, 0) is 16.2 Å². The number of hydrogen-bond donors (Lipinski definition) is 1. The minimum Gasteiger partial charge on any atom is -0.493 e. The van der Waals surface area contributed by atoms with E-state index in [1.807, 2.05) is 24.3 Å². The van der Waals surface area contributed by atoms with Gasteiger partial charge in [-0.25, -0.2) is 0 Å². The van der Waals surface area contributed by atoms with E-state index in [4.69, 9.17) is 31.2 Å². The van der Waals surface area contributed by atoms with Crippen molar-refractivity contribution in [3.63, 3.8) is 0 Å². The van der Waals surface area contributed by atoms with Crippen molar-refractivity contribution in [1.29, 1.82) is 5.26 Å². The van der Waals surface area contributed by atoms with Crippen LogP contribution in [0.15, 0.2) is 71.9 Å². The molecule has 32 heavy (non-hydrogen) atoms. The number of amides is 1. The molecule has 0 aliphatic heterocycles. The van der Waals surface area contributed by atoms with Crippen LogP contribution in [0, 0.1) is 11.3 Å². The summed E-state index contributed by atoms with van der Waals surface area (Å²) in [6.45, 7) is -0.0807. The number of benzene rings is 3. The van der Waals surface area contributed by atoms with E-state index < -0.39 is 0 Å². The average molecular weight is 450 g/mol. The van der Waals surface area contributed by atoms with Gasteiger partial charge in [0.15, 0.2) is 18.1 Å². The molecule has 3 aromatic rings. The van der Waals surface area contributed by atoms with Gasteiger partial charge in [-0.15, -0.1) is 0 Å². The lowest BCUT2D eigenvalue weighted by Crippen LogP contribution is -2.20. The number of carbonyl (C=O) groups excluding carboxylic acids is 1.